The molecule has 1 aromatic carbocycles. The molecule has 0 radical (unpaired) electrons. The second-order valence-electron chi connectivity index (χ2n) is 7.22. The first-order valence-electron chi connectivity index (χ1n) is 9.44. The van der Waals surface area contributed by atoms with Crippen LogP contribution in [-0.2, 0) is 13.6 Å². The zero-order chi connectivity index (χ0) is 18.8. The van der Waals surface area contributed by atoms with Crippen molar-refractivity contribution in [1.29, 1.82) is 0 Å². The zero-order valence-electron chi connectivity index (χ0n) is 16.2. The highest BCUT2D eigenvalue weighted by atomic mass is 16.5. The van der Waals surface area contributed by atoms with Gasteiger partial charge in [0, 0.05) is 44.0 Å². The van der Waals surface area contributed by atoms with E-state index in [4.69, 9.17) is 14.1 Å². The first kappa shape index (κ1) is 17.8. The zero-order valence-corrected chi connectivity index (χ0v) is 16.2. The Kier molecular flexibility index (Phi) is 4.99. The summed E-state index contributed by atoms with van der Waals surface area (Å²) in [5.41, 5.74) is 1.98. The number of hydrogen-bond acceptors (Lipinski definition) is 5. The van der Waals surface area contributed by atoms with Crippen molar-refractivity contribution in [3.8, 4) is 17.2 Å². The lowest BCUT2D eigenvalue weighted by molar-refractivity contribution is 0.192. The second-order valence-corrected chi connectivity index (χ2v) is 7.22. The highest BCUT2D eigenvalue weighted by Crippen LogP contribution is 2.28. The van der Waals surface area contributed by atoms with E-state index in [9.17, 15) is 0 Å². The molecule has 0 unspecified atom stereocenters. The Balaban J connectivity index is 1.47. The van der Waals surface area contributed by atoms with Crippen molar-refractivity contribution in [2.45, 2.75) is 32.2 Å². The van der Waals surface area contributed by atoms with Crippen LogP contribution in [0.25, 0.3) is 11.5 Å². The van der Waals surface area contributed by atoms with Crippen LogP contribution in [0.1, 0.15) is 36.0 Å². The molecule has 3 heterocycles. The molecule has 1 aliphatic rings. The fourth-order valence-electron chi connectivity index (χ4n) is 3.82. The summed E-state index contributed by atoms with van der Waals surface area (Å²) in [4.78, 5) is 11.8. The first-order chi connectivity index (χ1) is 13.1. The smallest absolute Gasteiger partial charge is 0.226 e. The molecule has 6 heteroatoms. The highest BCUT2D eigenvalue weighted by Gasteiger charge is 2.25. The second kappa shape index (κ2) is 7.56. The fourth-order valence-corrected chi connectivity index (χ4v) is 3.82. The van der Waals surface area contributed by atoms with Gasteiger partial charge in [0.05, 0.1) is 12.8 Å². The molecule has 1 saturated heterocycles. The van der Waals surface area contributed by atoms with E-state index in [-0.39, 0.29) is 0 Å². The van der Waals surface area contributed by atoms with Crippen molar-refractivity contribution >= 4 is 0 Å². The Morgan fingerprint density at radius 3 is 2.78 bits per heavy atom. The molecule has 3 aromatic rings. The number of rotatable bonds is 5. The minimum Gasteiger partial charge on any atom is -0.497 e. The first-order valence-corrected chi connectivity index (χ1v) is 9.44. The third-order valence-electron chi connectivity index (χ3n) is 5.33. The van der Waals surface area contributed by atoms with Crippen molar-refractivity contribution in [2.75, 3.05) is 20.2 Å². The van der Waals surface area contributed by atoms with Crippen molar-refractivity contribution < 1.29 is 9.15 Å². The lowest BCUT2D eigenvalue weighted by Crippen LogP contribution is -2.35. The van der Waals surface area contributed by atoms with Crippen LogP contribution < -0.4 is 4.74 Å². The summed E-state index contributed by atoms with van der Waals surface area (Å²) >= 11 is 0. The maximum Gasteiger partial charge on any atom is 0.226 e. The summed E-state index contributed by atoms with van der Waals surface area (Å²) in [6, 6.07) is 7.81. The largest absolute Gasteiger partial charge is 0.497 e. The standard InChI is InChI=1S/C21H26N4O2/c1-15-19(23-21(27-15)16-6-8-18(26-3)9-7-16)14-25-11-4-5-17(13-25)20-22-10-12-24(20)2/h6-10,12,17H,4-5,11,13-14H2,1-3H3/t17-/m0/s1. The van der Waals surface area contributed by atoms with E-state index in [1.54, 1.807) is 7.11 Å². The number of aromatic nitrogens is 3. The molecule has 1 aliphatic heterocycles. The molecule has 0 aliphatic carbocycles. The summed E-state index contributed by atoms with van der Waals surface area (Å²) in [6.07, 6.45) is 6.28. The van der Waals surface area contributed by atoms with Gasteiger partial charge in [0.1, 0.15) is 17.3 Å². The number of imidazole rings is 1. The van der Waals surface area contributed by atoms with E-state index < -0.39 is 0 Å². The number of benzene rings is 1. The Hall–Kier alpha value is -2.60. The third-order valence-corrected chi connectivity index (χ3v) is 5.33. The Morgan fingerprint density at radius 1 is 1.26 bits per heavy atom. The van der Waals surface area contributed by atoms with E-state index >= 15 is 0 Å². The lowest BCUT2D eigenvalue weighted by Gasteiger charge is -2.31. The highest BCUT2D eigenvalue weighted by molar-refractivity contribution is 5.55. The molecule has 1 atom stereocenters. The van der Waals surface area contributed by atoms with Gasteiger partial charge < -0.3 is 13.7 Å². The maximum absolute atomic E-state index is 5.94. The van der Waals surface area contributed by atoms with Gasteiger partial charge in [-0.05, 0) is 50.6 Å². The van der Waals surface area contributed by atoms with Crippen LogP contribution in [-0.4, -0.2) is 39.6 Å². The van der Waals surface area contributed by atoms with Crippen LogP contribution in [0.3, 0.4) is 0 Å². The van der Waals surface area contributed by atoms with Crippen LogP contribution in [0.5, 0.6) is 5.75 Å². The van der Waals surface area contributed by atoms with E-state index in [2.05, 4.69) is 21.5 Å². The number of methoxy groups -OCH3 is 1. The van der Waals surface area contributed by atoms with Gasteiger partial charge in [0.2, 0.25) is 5.89 Å². The number of aryl methyl sites for hydroxylation is 2. The average Bonchev–Trinajstić information content (AvgIpc) is 3.28. The van der Waals surface area contributed by atoms with E-state index in [1.165, 1.54) is 18.7 Å². The van der Waals surface area contributed by atoms with Crippen molar-refractivity contribution in [1.82, 2.24) is 19.4 Å². The Labute approximate surface area is 159 Å². The van der Waals surface area contributed by atoms with Crippen molar-refractivity contribution in [2.24, 2.45) is 7.05 Å². The predicted octanol–water partition coefficient (Wildman–Crippen LogP) is 3.77. The molecule has 142 valence electrons. The fraction of sp³-hybridized carbons (Fsp3) is 0.429. The monoisotopic (exact) mass is 366 g/mol. The molecule has 6 nitrogen and oxygen atoms in total. The van der Waals surface area contributed by atoms with Crippen LogP contribution in [0, 0.1) is 6.92 Å². The number of nitrogens with zero attached hydrogens (tertiary/aromatic N) is 4. The number of oxazole rings is 1. The van der Waals surface area contributed by atoms with Gasteiger partial charge in [-0.1, -0.05) is 0 Å². The number of piperidine rings is 1. The summed E-state index contributed by atoms with van der Waals surface area (Å²) in [5, 5.41) is 0. The van der Waals surface area contributed by atoms with E-state index in [0.717, 1.165) is 42.4 Å². The Morgan fingerprint density at radius 2 is 2.07 bits per heavy atom. The number of likely N-dealkylation sites (tertiary alicyclic amines) is 1. The summed E-state index contributed by atoms with van der Waals surface area (Å²) < 4.78 is 13.3. The molecular formula is C21H26N4O2. The summed E-state index contributed by atoms with van der Waals surface area (Å²) in [5.74, 6) is 4.04. The van der Waals surface area contributed by atoms with Crippen molar-refractivity contribution in [3.63, 3.8) is 0 Å². The van der Waals surface area contributed by atoms with Crippen LogP contribution >= 0.6 is 0 Å². The van der Waals surface area contributed by atoms with Gasteiger partial charge in [-0.3, -0.25) is 4.90 Å². The van der Waals surface area contributed by atoms with E-state index in [1.807, 2.05) is 43.6 Å². The SMILES string of the molecule is COc1ccc(-c2nc(CN3CCC[C@H](c4nccn4C)C3)c(C)o2)cc1. The number of hydrogen-bond donors (Lipinski definition) is 0. The van der Waals surface area contributed by atoms with Gasteiger partial charge in [0.15, 0.2) is 0 Å². The minimum absolute atomic E-state index is 0.479. The van der Waals surface area contributed by atoms with Crippen molar-refractivity contribution in [3.05, 3.63) is 53.9 Å². The molecule has 2 aromatic heterocycles. The minimum atomic E-state index is 0.479. The quantitative estimate of drug-likeness (QED) is 0.688. The maximum atomic E-state index is 5.94. The van der Waals surface area contributed by atoms with E-state index in [0.29, 0.717) is 11.8 Å². The Bertz CT molecular complexity index is 897. The average molecular weight is 366 g/mol. The predicted molar refractivity (Wildman–Crippen MR) is 104 cm³/mol. The lowest BCUT2D eigenvalue weighted by atomic mass is 9.97. The molecule has 0 spiro atoms. The van der Waals surface area contributed by atoms with Crippen LogP contribution in [0.15, 0.2) is 41.1 Å². The summed E-state index contributed by atoms with van der Waals surface area (Å²) in [6.45, 7) is 4.90. The molecule has 0 bridgehead atoms. The molecular weight excluding hydrogens is 340 g/mol. The van der Waals surface area contributed by atoms with Gasteiger partial charge in [-0.25, -0.2) is 9.97 Å². The van der Waals surface area contributed by atoms with Crippen LogP contribution in [0.2, 0.25) is 0 Å². The molecule has 0 N–H and O–H groups in total. The molecule has 0 saturated carbocycles. The molecule has 27 heavy (non-hydrogen) atoms. The van der Waals surface area contributed by atoms with Gasteiger partial charge in [-0.2, -0.15) is 0 Å². The van der Waals surface area contributed by atoms with Gasteiger partial charge in [0.25, 0.3) is 0 Å². The topological polar surface area (TPSA) is 56.3 Å². The van der Waals surface area contributed by atoms with Gasteiger partial charge >= 0.3 is 0 Å². The van der Waals surface area contributed by atoms with Crippen LogP contribution in [0.4, 0.5) is 0 Å². The normalized spacial score (nSPS) is 18.0. The summed E-state index contributed by atoms with van der Waals surface area (Å²) in [7, 11) is 3.74. The molecule has 1 fully saturated rings. The third kappa shape index (κ3) is 3.76. The number of ether oxygens (including phenoxy) is 1. The molecule has 4 rings (SSSR count). The molecule has 0 amide bonds. The van der Waals surface area contributed by atoms with Gasteiger partial charge in [-0.15, -0.1) is 0 Å².